The van der Waals surface area contributed by atoms with Crippen LogP contribution in [0, 0.1) is 12.8 Å². The Kier molecular flexibility index (Phi) is 9.24. The monoisotopic (exact) mass is 429 g/mol. The van der Waals surface area contributed by atoms with Crippen molar-refractivity contribution in [2.75, 3.05) is 26.7 Å². The molecule has 2 N–H and O–H groups in total. The van der Waals surface area contributed by atoms with Crippen LogP contribution in [0.15, 0.2) is 41.9 Å². The normalized spacial score (nSPS) is 21.2. The number of hydrogen-bond acceptors (Lipinski definition) is 2. The Hall–Kier alpha value is -1.08. The van der Waals surface area contributed by atoms with E-state index in [9.17, 15) is 0 Å². The summed E-state index contributed by atoms with van der Waals surface area (Å²) in [6, 6.07) is 8.68. The Morgan fingerprint density at radius 3 is 2.74 bits per heavy atom. The van der Waals surface area contributed by atoms with Crippen molar-refractivity contribution in [3.63, 3.8) is 0 Å². The second-order valence-corrected chi connectivity index (χ2v) is 5.73. The number of aliphatic imine (C=N–C) groups is 1. The molecule has 2 atom stereocenters. The SMILES string of the molecule is C=CCNC(=NC)NCC1CCCOC1c1ccc(C)cc1.I. The van der Waals surface area contributed by atoms with E-state index in [0.717, 1.165) is 25.5 Å². The summed E-state index contributed by atoms with van der Waals surface area (Å²) in [5, 5.41) is 6.60. The van der Waals surface area contributed by atoms with Crippen molar-refractivity contribution >= 4 is 29.9 Å². The van der Waals surface area contributed by atoms with E-state index in [4.69, 9.17) is 4.74 Å². The molecule has 0 spiro atoms. The molecule has 0 aromatic heterocycles. The Labute approximate surface area is 156 Å². The standard InChI is InChI=1S/C18H27N3O.HI/c1-4-11-20-18(19-3)21-13-16-6-5-12-22-17(16)15-9-7-14(2)8-10-15;/h4,7-10,16-17H,1,5-6,11-13H2,2-3H3,(H2,19,20,21);1H. The van der Waals surface area contributed by atoms with Crippen LogP contribution in [0.5, 0.6) is 0 Å². The van der Waals surface area contributed by atoms with Crippen molar-refractivity contribution in [3.8, 4) is 0 Å². The van der Waals surface area contributed by atoms with Crippen molar-refractivity contribution in [3.05, 3.63) is 48.0 Å². The number of hydrogen-bond donors (Lipinski definition) is 2. The van der Waals surface area contributed by atoms with Gasteiger partial charge in [-0.1, -0.05) is 35.9 Å². The molecule has 0 radical (unpaired) electrons. The lowest BCUT2D eigenvalue weighted by molar-refractivity contribution is -0.0265. The number of nitrogens with one attached hydrogen (secondary N) is 2. The highest BCUT2D eigenvalue weighted by molar-refractivity contribution is 14.0. The number of guanidine groups is 1. The summed E-state index contributed by atoms with van der Waals surface area (Å²) in [5.41, 5.74) is 2.55. The van der Waals surface area contributed by atoms with Gasteiger partial charge in [-0.2, -0.15) is 0 Å². The first kappa shape index (κ1) is 20.0. The summed E-state index contributed by atoms with van der Waals surface area (Å²) < 4.78 is 6.05. The van der Waals surface area contributed by atoms with Gasteiger partial charge < -0.3 is 15.4 Å². The summed E-state index contributed by atoms with van der Waals surface area (Å²) >= 11 is 0. The van der Waals surface area contributed by atoms with Crippen LogP contribution in [0.4, 0.5) is 0 Å². The van der Waals surface area contributed by atoms with Crippen LogP contribution in [-0.2, 0) is 4.74 Å². The van der Waals surface area contributed by atoms with Gasteiger partial charge in [0.25, 0.3) is 0 Å². The van der Waals surface area contributed by atoms with E-state index in [1.807, 2.05) is 6.08 Å². The maximum Gasteiger partial charge on any atom is 0.191 e. The molecule has 0 bridgehead atoms. The zero-order valence-corrected chi connectivity index (χ0v) is 16.4. The van der Waals surface area contributed by atoms with Crippen molar-refractivity contribution in [1.29, 1.82) is 0 Å². The molecule has 1 aliphatic rings. The molecule has 4 nitrogen and oxygen atoms in total. The zero-order chi connectivity index (χ0) is 15.8. The van der Waals surface area contributed by atoms with E-state index in [1.54, 1.807) is 7.05 Å². The van der Waals surface area contributed by atoms with E-state index < -0.39 is 0 Å². The number of ether oxygens (including phenoxy) is 1. The van der Waals surface area contributed by atoms with Crippen LogP contribution in [0.2, 0.25) is 0 Å². The predicted octanol–water partition coefficient (Wildman–Crippen LogP) is 3.43. The average Bonchev–Trinajstić information content (AvgIpc) is 2.56. The topological polar surface area (TPSA) is 45.7 Å². The third kappa shape index (κ3) is 6.14. The van der Waals surface area contributed by atoms with E-state index in [2.05, 4.69) is 53.4 Å². The molecule has 0 amide bonds. The number of rotatable bonds is 5. The summed E-state index contributed by atoms with van der Waals surface area (Å²) in [6.45, 7) is 8.23. The first-order valence-corrected chi connectivity index (χ1v) is 7.98. The third-order valence-electron chi connectivity index (χ3n) is 4.02. The van der Waals surface area contributed by atoms with Gasteiger partial charge in [0.1, 0.15) is 0 Å². The molecule has 128 valence electrons. The molecule has 1 saturated heterocycles. The summed E-state index contributed by atoms with van der Waals surface area (Å²) in [7, 11) is 1.78. The van der Waals surface area contributed by atoms with Crippen LogP contribution >= 0.6 is 24.0 Å². The molecular formula is C18H28IN3O. The van der Waals surface area contributed by atoms with Gasteiger partial charge in [-0.15, -0.1) is 30.6 Å². The lowest BCUT2D eigenvalue weighted by atomic mass is 9.89. The van der Waals surface area contributed by atoms with Crippen LogP contribution in [0.25, 0.3) is 0 Å². The van der Waals surface area contributed by atoms with Gasteiger partial charge in [0.05, 0.1) is 6.10 Å². The molecule has 0 aliphatic carbocycles. The molecule has 1 fully saturated rings. The lowest BCUT2D eigenvalue weighted by Crippen LogP contribution is -2.41. The highest BCUT2D eigenvalue weighted by atomic mass is 127. The highest BCUT2D eigenvalue weighted by Gasteiger charge is 2.27. The van der Waals surface area contributed by atoms with Gasteiger partial charge in [0.2, 0.25) is 0 Å². The molecule has 1 heterocycles. The summed E-state index contributed by atoms with van der Waals surface area (Å²) in [6.07, 6.45) is 4.28. The fourth-order valence-electron chi connectivity index (χ4n) is 2.79. The summed E-state index contributed by atoms with van der Waals surface area (Å²) in [4.78, 5) is 4.23. The molecule has 1 aliphatic heterocycles. The zero-order valence-electron chi connectivity index (χ0n) is 14.0. The minimum Gasteiger partial charge on any atom is -0.373 e. The number of halogens is 1. The Balaban J connectivity index is 0.00000264. The molecule has 5 heteroatoms. The molecule has 0 saturated carbocycles. The van der Waals surface area contributed by atoms with Crippen LogP contribution in [-0.4, -0.2) is 32.7 Å². The smallest absolute Gasteiger partial charge is 0.191 e. The molecule has 2 unspecified atom stereocenters. The van der Waals surface area contributed by atoms with Gasteiger partial charge in [0.15, 0.2) is 5.96 Å². The molecular weight excluding hydrogens is 401 g/mol. The third-order valence-corrected chi connectivity index (χ3v) is 4.02. The Morgan fingerprint density at radius 2 is 2.09 bits per heavy atom. The summed E-state index contributed by atoms with van der Waals surface area (Å²) in [5.74, 6) is 1.27. The van der Waals surface area contributed by atoms with E-state index >= 15 is 0 Å². The van der Waals surface area contributed by atoms with Crippen molar-refractivity contribution < 1.29 is 4.74 Å². The first-order valence-electron chi connectivity index (χ1n) is 7.98. The first-order chi connectivity index (χ1) is 10.7. The lowest BCUT2D eigenvalue weighted by Gasteiger charge is -2.32. The maximum atomic E-state index is 6.05. The van der Waals surface area contributed by atoms with Gasteiger partial charge in [-0.3, -0.25) is 4.99 Å². The van der Waals surface area contributed by atoms with Gasteiger partial charge in [-0.05, 0) is 25.3 Å². The molecule has 23 heavy (non-hydrogen) atoms. The van der Waals surface area contributed by atoms with E-state index in [0.29, 0.717) is 12.5 Å². The quantitative estimate of drug-likeness (QED) is 0.326. The fourth-order valence-corrected chi connectivity index (χ4v) is 2.79. The minimum atomic E-state index is 0. The van der Waals surface area contributed by atoms with Crippen LogP contribution < -0.4 is 10.6 Å². The highest BCUT2D eigenvalue weighted by Crippen LogP contribution is 2.33. The van der Waals surface area contributed by atoms with Crippen molar-refractivity contribution in [2.24, 2.45) is 10.9 Å². The van der Waals surface area contributed by atoms with Gasteiger partial charge in [0, 0.05) is 32.7 Å². The fraction of sp³-hybridized carbons (Fsp3) is 0.500. The van der Waals surface area contributed by atoms with Gasteiger partial charge >= 0.3 is 0 Å². The number of nitrogens with zero attached hydrogens (tertiary/aromatic N) is 1. The van der Waals surface area contributed by atoms with Crippen LogP contribution in [0.1, 0.15) is 30.1 Å². The largest absolute Gasteiger partial charge is 0.373 e. The number of benzene rings is 1. The molecule has 1 aromatic rings. The molecule has 1 aromatic carbocycles. The van der Waals surface area contributed by atoms with Crippen molar-refractivity contribution in [2.45, 2.75) is 25.9 Å². The minimum absolute atomic E-state index is 0. The Bertz CT molecular complexity index is 501. The second kappa shape index (κ2) is 10.6. The Morgan fingerprint density at radius 1 is 1.35 bits per heavy atom. The van der Waals surface area contributed by atoms with E-state index in [-0.39, 0.29) is 30.1 Å². The van der Waals surface area contributed by atoms with E-state index in [1.165, 1.54) is 17.5 Å². The molecule has 2 rings (SSSR count). The maximum absolute atomic E-state index is 6.05. The average molecular weight is 429 g/mol. The number of aryl methyl sites for hydroxylation is 1. The van der Waals surface area contributed by atoms with Gasteiger partial charge in [-0.25, -0.2) is 0 Å². The van der Waals surface area contributed by atoms with Crippen molar-refractivity contribution in [1.82, 2.24) is 10.6 Å². The predicted molar refractivity (Wildman–Crippen MR) is 108 cm³/mol. The second-order valence-electron chi connectivity index (χ2n) is 5.73. The van der Waals surface area contributed by atoms with Crippen LogP contribution in [0.3, 0.4) is 0 Å².